The third-order valence-corrected chi connectivity index (χ3v) is 10.6. The lowest BCUT2D eigenvalue weighted by Gasteiger charge is -2.41. The molecule has 0 unspecified atom stereocenters. The van der Waals surface area contributed by atoms with Crippen molar-refractivity contribution in [2.45, 2.75) is 88.4 Å². The second-order valence-electron chi connectivity index (χ2n) is 11.7. The zero-order valence-corrected chi connectivity index (χ0v) is 27.3. The molecule has 1 amide bonds. The smallest absolute Gasteiger partial charge is 0.296 e. The van der Waals surface area contributed by atoms with Gasteiger partial charge >= 0.3 is 0 Å². The molecule has 0 N–H and O–H groups in total. The van der Waals surface area contributed by atoms with E-state index in [9.17, 15) is 9.59 Å². The van der Waals surface area contributed by atoms with Gasteiger partial charge in [0.05, 0.1) is 17.1 Å². The highest BCUT2D eigenvalue weighted by Crippen LogP contribution is 2.34. The van der Waals surface area contributed by atoms with Gasteiger partial charge < -0.3 is 4.90 Å². The summed E-state index contributed by atoms with van der Waals surface area (Å²) in [4.78, 5) is 30.4. The maximum atomic E-state index is 14.2. The zero-order chi connectivity index (χ0) is 29.9. The molecule has 0 spiro atoms. The fraction of sp³-hybridized carbons (Fsp3) is 0.455. The Hall–Kier alpha value is -3.11. The summed E-state index contributed by atoms with van der Waals surface area (Å²) in [6.45, 7) is 1.94. The van der Waals surface area contributed by atoms with Crippen LogP contribution in [0.25, 0.3) is 22.8 Å². The molecule has 43 heavy (non-hydrogen) atoms. The van der Waals surface area contributed by atoms with E-state index >= 15 is 0 Å². The Bertz CT molecular complexity index is 1610. The second-order valence-corrected chi connectivity index (χ2v) is 13.5. The first-order valence-corrected chi connectivity index (χ1v) is 17.2. The van der Waals surface area contributed by atoms with Gasteiger partial charge in [-0.25, -0.2) is 4.68 Å². The van der Waals surface area contributed by atoms with Gasteiger partial charge in [0, 0.05) is 29.2 Å². The van der Waals surface area contributed by atoms with Crippen molar-refractivity contribution in [1.29, 1.82) is 0 Å². The molecule has 226 valence electrons. The number of benzene rings is 2. The quantitative estimate of drug-likeness (QED) is 0.188. The molecular formula is C33H39BrN6O2S. The molecular weight excluding hydrogens is 624 g/mol. The molecule has 10 heteroatoms. The summed E-state index contributed by atoms with van der Waals surface area (Å²) in [6.07, 6.45) is 11.7. The lowest BCUT2D eigenvalue weighted by atomic mass is 9.88. The van der Waals surface area contributed by atoms with Crippen LogP contribution in [0.5, 0.6) is 0 Å². The molecule has 4 aromatic rings. The number of nitrogens with zero attached hydrogens (tertiary/aromatic N) is 6. The molecule has 2 aromatic heterocycles. The topological polar surface area (TPSA) is 78.0 Å². The lowest BCUT2D eigenvalue weighted by molar-refractivity contribution is -0.135. The van der Waals surface area contributed by atoms with Gasteiger partial charge in [-0.3, -0.25) is 18.8 Å². The molecule has 2 aromatic carbocycles. The van der Waals surface area contributed by atoms with E-state index in [2.05, 4.69) is 31.0 Å². The summed E-state index contributed by atoms with van der Waals surface area (Å²) in [7, 11) is 1.89. The summed E-state index contributed by atoms with van der Waals surface area (Å²) >= 11 is 5.06. The van der Waals surface area contributed by atoms with Gasteiger partial charge in [0.25, 0.3) is 5.56 Å². The molecule has 2 aliphatic rings. The Kier molecular flexibility index (Phi) is 9.23. The molecule has 0 saturated heterocycles. The number of rotatable bonds is 8. The van der Waals surface area contributed by atoms with E-state index in [0.717, 1.165) is 47.1 Å². The number of aromatic nitrogens is 5. The Morgan fingerprint density at radius 1 is 0.907 bits per heavy atom. The third-order valence-electron chi connectivity index (χ3n) is 9.04. The first-order chi connectivity index (χ1) is 21.0. The van der Waals surface area contributed by atoms with Gasteiger partial charge in [0.1, 0.15) is 5.69 Å². The normalized spacial score (nSPS) is 16.4. The third kappa shape index (κ3) is 6.00. The minimum Gasteiger partial charge on any atom is -0.336 e. The average Bonchev–Trinajstić information content (AvgIpc) is 3.54. The van der Waals surface area contributed by atoms with Crippen molar-refractivity contribution in [3.05, 3.63) is 75.1 Å². The molecule has 2 heterocycles. The van der Waals surface area contributed by atoms with E-state index in [1.807, 2.05) is 77.8 Å². The Morgan fingerprint density at radius 2 is 1.51 bits per heavy atom. The molecule has 2 aliphatic carbocycles. The van der Waals surface area contributed by atoms with Crippen LogP contribution in [-0.4, -0.2) is 52.8 Å². The van der Waals surface area contributed by atoms with E-state index in [0.29, 0.717) is 28.8 Å². The maximum Gasteiger partial charge on any atom is 0.296 e. The van der Waals surface area contributed by atoms with E-state index in [-0.39, 0.29) is 17.2 Å². The number of thioether (sulfide) groups is 1. The molecule has 0 radical (unpaired) electrons. The van der Waals surface area contributed by atoms with Crippen LogP contribution in [0, 0.1) is 6.92 Å². The lowest BCUT2D eigenvalue weighted by Crippen LogP contribution is -2.49. The van der Waals surface area contributed by atoms with E-state index < -0.39 is 0 Å². The van der Waals surface area contributed by atoms with Crippen LogP contribution in [-0.2, 0) is 11.8 Å². The number of carbonyl (C=O) groups excluding carboxylic acids is 1. The fourth-order valence-corrected chi connectivity index (χ4v) is 8.09. The van der Waals surface area contributed by atoms with Crippen molar-refractivity contribution in [3.63, 3.8) is 0 Å². The minimum atomic E-state index is -0.168. The van der Waals surface area contributed by atoms with Crippen molar-refractivity contribution < 1.29 is 4.79 Å². The summed E-state index contributed by atoms with van der Waals surface area (Å²) in [5.74, 6) is 0.997. The van der Waals surface area contributed by atoms with Crippen LogP contribution < -0.4 is 5.56 Å². The summed E-state index contributed by atoms with van der Waals surface area (Å²) in [6, 6.07) is 18.1. The first-order valence-electron chi connectivity index (χ1n) is 15.4. The number of amides is 1. The highest BCUT2D eigenvalue weighted by molar-refractivity contribution is 9.10. The predicted molar refractivity (Wildman–Crippen MR) is 175 cm³/mol. The van der Waals surface area contributed by atoms with E-state index in [4.69, 9.17) is 0 Å². The van der Waals surface area contributed by atoms with Gasteiger partial charge in [0.15, 0.2) is 11.0 Å². The molecule has 0 aliphatic heterocycles. The highest BCUT2D eigenvalue weighted by atomic mass is 79.9. The molecule has 2 saturated carbocycles. The zero-order valence-electron chi connectivity index (χ0n) is 24.9. The summed E-state index contributed by atoms with van der Waals surface area (Å²) < 4.78 is 6.24. The van der Waals surface area contributed by atoms with Crippen LogP contribution in [0.15, 0.2) is 69.0 Å². The average molecular weight is 664 g/mol. The van der Waals surface area contributed by atoms with Gasteiger partial charge in [-0.05, 0) is 50.8 Å². The van der Waals surface area contributed by atoms with Crippen LogP contribution in [0.1, 0.15) is 69.9 Å². The Morgan fingerprint density at radius 3 is 2.14 bits per heavy atom. The SMILES string of the molecule is Cc1c(-n2c(SCC(=O)N(C3CCCCC3)C3CCCCC3)nnc2-c2ccccc2Br)c(=O)n(-c2ccccc2)n1C. The maximum absolute atomic E-state index is 14.2. The van der Waals surface area contributed by atoms with Crippen molar-refractivity contribution >= 4 is 33.6 Å². The van der Waals surface area contributed by atoms with Gasteiger partial charge in [-0.1, -0.05) is 103 Å². The number of carbonyl (C=O) groups is 1. The predicted octanol–water partition coefficient (Wildman–Crippen LogP) is 7.08. The van der Waals surface area contributed by atoms with E-state index in [1.54, 1.807) is 4.68 Å². The van der Waals surface area contributed by atoms with Crippen molar-refractivity contribution in [2.24, 2.45) is 7.05 Å². The number of halogens is 1. The fourth-order valence-electron chi connectivity index (χ4n) is 6.82. The minimum absolute atomic E-state index is 0.168. The number of hydrogen-bond acceptors (Lipinski definition) is 5. The number of hydrogen-bond donors (Lipinski definition) is 0. The highest BCUT2D eigenvalue weighted by Gasteiger charge is 2.33. The van der Waals surface area contributed by atoms with E-state index in [1.165, 1.54) is 50.3 Å². The standard InChI is InChI=1S/C33H39BrN6O2S/c1-23-30(32(42)40(37(23)2)26-18-10-5-11-19-26)39-31(27-20-12-13-21-28(27)34)35-36-33(39)43-22-29(41)38(24-14-6-3-7-15-24)25-16-8-4-9-17-25/h5,10-13,18-21,24-25H,3-4,6-9,14-17,22H2,1-2H3. The molecule has 8 nitrogen and oxygen atoms in total. The van der Waals surface area contributed by atoms with Crippen LogP contribution in [0.4, 0.5) is 0 Å². The van der Waals surface area contributed by atoms with Gasteiger partial charge in [-0.15, -0.1) is 10.2 Å². The Labute approximate surface area is 265 Å². The number of para-hydroxylation sites is 1. The van der Waals surface area contributed by atoms with Crippen molar-refractivity contribution in [1.82, 2.24) is 29.0 Å². The summed E-state index contributed by atoms with van der Waals surface area (Å²) in [5, 5.41) is 9.73. The molecule has 0 bridgehead atoms. The molecule has 0 atom stereocenters. The first kappa shape index (κ1) is 29.9. The molecule has 6 rings (SSSR count). The Balaban J connectivity index is 1.39. The van der Waals surface area contributed by atoms with Crippen LogP contribution in [0.2, 0.25) is 0 Å². The van der Waals surface area contributed by atoms with Crippen molar-refractivity contribution in [2.75, 3.05) is 5.75 Å². The second kappa shape index (κ2) is 13.3. The van der Waals surface area contributed by atoms with Gasteiger partial charge in [0.2, 0.25) is 5.91 Å². The molecule has 2 fully saturated rings. The van der Waals surface area contributed by atoms with Crippen LogP contribution in [0.3, 0.4) is 0 Å². The van der Waals surface area contributed by atoms with Gasteiger partial charge in [-0.2, -0.15) is 0 Å². The van der Waals surface area contributed by atoms with Crippen LogP contribution >= 0.6 is 27.7 Å². The van der Waals surface area contributed by atoms with Crippen molar-refractivity contribution in [3.8, 4) is 22.8 Å². The monoisotopic (exact) mass is 662 g/mol. The largest absolute Gasteiger partial charge is 0.336 e. The summed E-state index contributed by atoms with van der Waals surface area (Å²) in [5.41, 5.74) is 2.70.